The second-order valence-electron chi connectivity index (χ2n) is 4.68. The van der Waals surface area contributed by atoms with Crippen LogP contribution in [0.4, 0.5) is 0 Å². The van der Waals surface area contributed by atoms with Gasteiger partial charge < -0.3 is 4.90 Å². The van der Waals surface area contributed by atoms with E-state index in [0.29, 0.717) is 16.8 Å². The van der Waals surface area contributed by atoms with E-state index in [9.17, 15) is 4.79 Å². The number of nitrogens with zero attached hydrogens (tertiary/aromatic N) is 3. The van der Waals surface area contributed by atoms with Crippen molar-refractivity contribution in [1.29, 1.82) is 0 Å². The van der Waals surface area contributed by atoms with E-state index in [1.54, 1.807) is 0 Å². The van der Waals surface area contributed by atoms with E-state index in [2.05, 4.69) is 15.1 Å². The van der Waals surface area contributed by atoms with Crippen LogP contribution in [-0.4, -0.2) is 58.1 Å². The minimum atomic E-state index is -0.0287. The van der Waals surface area contributed by atoms with E-state index < -0.39 is 0 Å². The molecule has 6 heteroatoms. The number of H-pyrrole nitrogens is 1. The number of aromatic amines is 1. The summed E-state index contributed by atoms with van der Waals surface area (Å²) in [6.45, 7) is 3.75. The van der Waals surface area contributed by atoms with E-state index in [1.807, 2.05) is 4.90 Å². The zero-order valence-corrected chi connectivity index (χ0v) is 10.3. The SMILES string of the molecule is O=C(c1[nH]ncc1Cl)N1CCN2CCCC2C1. The van der Waals surface area contributed by atoms with Crippen LogP contribution in [0, 0.1) is 0 Å². The Hall–Kier alpha value is -1.07. The predicted octanol–water partition coefficient (Wildman–Crippen LogP) is 0.983. The summed E-state index contributed by atoms with van der Waals surface area (Å²) in [6.07, 6.45) is 3.92. The first kappa shape index (κ1) is 11.0. The van der Waals surface area contributed by atoms with Gasteiger partial charge in [0.05, 0.1) is 11.2 Å². The van der Waals surface area contributed by atoms with Crippen LogP contribution >= 0.6 is 11.6 Å². The van der Waals surface area contributed by atoms with Crippen molar-refractivity contribution in [1.82, 2.24) is 20.0 Å². The van der Waals surface area contributed by atoms with Gasteiger partial charge in [-0.1, -0.05) is 11.6 Å². The van der Waals surface area contributed by atoms with Gasteiger partial charge >= 0.3 is 0 Å². The number of halogens is 1. The minimum Gasteiger partial charge on any atom is -0.334 e. The summed E-state index contributed by atoms with van der Waals surface area (Å²) in [4.78, 5) is 16.6. The van der Waals surface area contributed by atoms with Crippen LogP contribution in [0.1, 0.15) is 23.3 Å². The number of rotatable bonds is 1. The highest BCUT2D eigenvalue weighted by Gasteiger charge is 2.33. The van der Waals surface area contributed by atoms with Gasteiger partial charge in [-0.3, -0.25) is 14.8 Å². The van der Waals surface area contributed by atoms with Crippen molar-refractivity contribution in [2.24, 2.45) is 0 Å². The fraction of sp³-hybridized carbons (Fsp3) is 0.636. The van der Waals surface area contributed by atoms with Crippen LogP contribution in [0.3, 0.4) is 0 Å². The molecule has 3 rings (SSSR count). The number of hydrogen-bond donors (Lipinski definition) is 1. The number of amides is 1. The Bertz CT molecular complexity index is 433. The summed E-state index contributed by atoms with van der Waals surface area (Å²) in [5, 5.41) is 6.87. The van der Waals surface area contributed by atoms with Crippen molar-refractivity contribution in [3.05, 3.63) is 16.9 Å². The van der Waals surface area contributed by atoms with Crippen molar-refractivity contribution in [3.63, 3.8) is 0 Å². The van der Waals surface area contributed by atoms with E-state index in [0.717, 1.165) is 19.6 Å². The first-order valence-electron chi connectivity index (χ1n) is 5.98. The van der Waals surface area contributed by atoms with Crippen LogP contribution < -0.4 is 0 Å². The molecule has 0 saturated carbocycles. The van der Waals surface area contributed by atoms with Crippen LogP contribution in [0.15, 0.2) is 6.20 Å². The highest BCUT2D eigenvalue weighted by molar-refractivity contribution is 6.33. The first-order valence-corrected chi connectivity index (χ1v) is 6.35. The number of fused-ring (bicyclic) bond motifs is 1. The van der Waals surface area contributed by atoms with Crippen molar-refractivity contribution in [2.75, 3.05) is 26.2 Å². The minimum absolute atomic E-state index is 0.0287. The lowest BCUT2D eigenvalue weighted by molar-refractivity contribution is 0.0566. The van der Waals surface area contributed by atoms with Crippen molar-refractivity contribution >= 4 is 17.5 Å². The lowest BCUT2D eigenvalue weighted by atomic mass is 10.1. The van der Waals surface area contributed by atoms with Crippen molar-refractivity contribution < 1.29 is 4.79 Å². The Kier molecular flexibility index (Phi) is 2.80. The maximum absolute atomic E-state index is 12.2. The number of carbonyl (C=O) groups is 1. The quantitative estimate of drug-likeness (QED) is 0.813. The number of hydrogen-bond acceptors (Lipinski definition) is 3. The van der Waals surface area contributed by atoms with Gasteiger partial charge in [0, 0.05) is 25.7 Å². The normalized spacial score (nSPS) is 25.0. The summed E-state index contributed by atoms with van der Waals surface area (Å²) in [6, 6.07) is 0.536. The third-order valence-corrected chi connectivity index (χ3v) is 3.97. The Balaban J connectivity index is 1.73. The van der Waals surface area contributed by atoms with Crippen molar-refractivity contribution in [2.45, 2.75) is 18.9 Å². The molecular formula is C11H15ClN4O. The molecule has 1 amide bonds. The van der Waals surface area contributed by atoms with Gasteiger partial charge in [0.15, 0.2) is 0 Å². The average Bonchev–Trinajstić information content (AvgIpc) is 2.95. The Labute approximate surface area is 105 Å². The molecule has 92 valence electrons. The van der Waals surface area contributed by atoms with Crippen LogP contribution in [0.5, 0.6) is 0 Å². The summed E-state index contributed by atoms with van der Waals surface area (Å²) in [5.41, 5.74) is 0.415. The van der Waals surface area contributed by atoms with E-state index in [1.165, 1.54) is 25.6 Å². The monoisotopic (exact) mass is 254 g/mol. The molecule has 1 aromatic rings. The largest absolute Gasteiger partial charge is 0.334 e. The zero-order chi connectivity index (χ0) is 11.8. The van der Waals surface area contributed by atoms with Gasteiger partial charge in [0.25, 0.3) is 5.91 Å². The van der Waals surface area contributed by atoms with Gasteiger partial charge in [-0.25, -0.2) is 0 Å². The first-order chi connectivity index (χ1) is 8.25. The van der Waals surface area contributed by atoms with Gasteiger partial charge in [-0.2, -0.15) is 5.10 Å². The Morgan fingerprint density at radius 3 is 3.12 bits per heavy atom. The predicted molar refractivity (Wildman–Crippen MR) is 64.1 cm³/mol. The second kappa shape index (κ2) is 4.31. The molecule has 1 unspecified atom stereocenters. The molecule has 2 fully saturated rings. The molecule has 0 aromatic carbocycles. The maximum atomic E-state index is 12.2. The molecule has 1 atom stereocenters. The number of carbonyl (C=O) groups excluding carboxylic acids is 1. The molecule has 5 nitrogen and oxygen atoms in total. The van der Waals surface area contributed by atoms with Crippen LogP contribution in [-0.2, 0) is 0 Å². The van der Waals surface area contributed by atoms with E-state index in [-0.39, 0.29) is 5.91 Å². The number of aromatic nitrogens is 2. The average molecular weight is 255 g/mol. The summed E-state index contributed by atoms with van der Waals surface area (Å²) >= 11 is 5.91. The second-order valence-corrected chi connectivity index (χ2v) is 5.08. The van der Waals surface area contributed by atoms with E-state index in [4.69, 9.17) is 11.6 Å². The molecule has 17 heavy (non-hydrogen) atoms. The van der Waals surface area contributed by atoms with Gasteiger partial charge in [0.2, 0.25) is 0 Å². The summed E-state index contributed by atoms with van der Waals surface area (Å²) < 4.78 is 0. The van der Waals surface area contributed by atoms with Crippen LogP contribution in [0.25, 0.3) is 0 Å². The van der Waals surface area contributed by atoms with Gasteiger partial charge in [-0.05, 0) is 19.4 Å². The Morgan fingerprint density at radius 2 is 2.35 bits per heavy atom. The fourth-order valence-electron chi connectivity index (χ4n) is 2.76. The number of nitrogens with one attached hydrogen (secondary N) is 1. The summed E-state index contributed by atoms with van der Waals surface area (Å²) in [5.74, 6) is -0.0287. The molecule has 3 heterocycles. The molecule has 2 aliphatic heterocycles. The smallest absolute Gasteiger partial charge is 0.273 e. The van der Waals surface area contributed by atoms with E-state index >= 15 is 0 Å². The zero-order valence-electron chi connectivity index (χ0n) is 9.53. The molecule has 1 aromatic heterocycles. The van der Waals surface area contributed by atoms with Crippen LogP contribution in [0.2, 0.25) is 5.02 Å². The summed E-state index contributed by atoms with van der Waals surface area (Å²) in [7, 11) is 0. The molecule has 0 radical (unpaired) electrons. The molecule has 0 bridgehead atoms. The van der Waals surface area contributed by atoms with Gasteiger partial charge in [-0.15, -0.1) is 0 Å². The highest BCUT2D eigenvalue weighted by atomic mass is 35.5. The molecule has 0 spiro atoms. The fourth-order valence-corrected chi connectivity index (χ4v) is 2.93. The molecular weight excluding hydrogens is 240 g/mol. The lowest BCUT2D eigenvalue weighted by Gasteiger charge is -2.37. The molecule has 2 saturated heterocycles. The Morgan fingerprint density at radius 1 is 1.47 bits per heavy atom. The number of piperazine rings is 1. The lowest BCUT2D eigenvalue weighted by Crippen LogP contribution is -2.52. The maximum Gasteiger partial charge on any atom is 0.273 e. The standard InChI is InChI=1S/C11H15ClN4O/c12-9-6-13-14-10(9)11(17)16-5-4-15-3-1-2-8(15)7-16/h6,8H,1-5,7H2,(H,13,14). The third-order valence-electron chi connectivity index (χ3n) is 3.68. The molecule has 0 aliphatic carbocycles. The van der Waals surface area contributed by atoms with Crippen molar-refractivity contribution in [3.8, 4) is 0 Å². The highest BCUT2D eigenvalue weighted by Crippen LogP contribution is 2.23. The third kappa shape index (κ3) is 1.93. The molecule has 1 N–H and O–H groups in total. The topological polar surface area (TPSA) is 52.2 Å². The van der Waals surface area contributed by atoms with Gasteiger partial charge in [0.1, 0.15) is 5.69 Å². The molecule has 2 aliphatic rings.